The van der Waals surface area contributed by atoms with Crippen molar-refractivity contribution in [3.63, 3.8) is 0 Å². The van der Waals surface area contributed by atoms with Crippen molar-refractivity contribution in [3.8, 4) is 0 Å². The molecule has 1 unspecified atom stereocenters. The van der Waals surface area contributed by atoms with Crippen LogP contribution in [0.25, 0.3) is 0 Å². The Labute approximate surface area is 126 Å². The predicted octanol–water partition coefficient (Wildman–Crippen LogP) is 2.46. The third-order valence-electron chi connectivity index (χ3n) is 3.74. The summed E-state index contributed by atoms with van der Waals surface area (Å²) >= 11 is 1.66. The van der Waals surface area contributed by atoms with Gasteiger partial charge in [0.15, 0.2) is 5.13 Å². The molecule has 2 rings (SSSR count). The quantitative estimate of drug-likeness (QED) is 0.927. The largest absolute Gasteiger partial charge is 0.391 e. The van der Waals surface area contributed by atoms with Crippen molar-refractivity contribution in [2.45, 2.75) is 51.7 Å². The predicted molar refractivity (Wildman–Crippen MR) is 85.7 cm³/mol. The number of aromatic nitrogens is 1. The van der Waals surface area contributed by atoms with E-state index >= 15 is 0 Å². The van der Waals surface area contributed by atoms with Crippen LogP contribution in [0.5, 0.6) is 0 Å². The van der Waals surface area contributed by atoms with Gasteiger partial charge in [0, 0.05) is 24.5 Å². The van der Waals surface area contributed by atoms with E-state index in [1.807, 2.05) is 0 Å². The van der Waals surface area contributed by atoms with E-state index in [0.717, 1.165) is 28.8 Å². The monoisotopic (exact) mass is 297 g/mol. The Bertz CT molecular complexity index is 450. The van der Waals surface area contributed by atoms with Gasteiger partial charge in [0.1, 0.15) is 0 Å². The summed E-state index contributed by atoms with van der Waals surface area (Å²) in [6.45, 7) is 8.72. The summed E-state index contributed by atoms with van der Waals surface area (Å²) in [6.07, 6.45) is 2.47. The van der Waals surface area contributed by atoms with Crippen LogP contribution in [0.4, 0.5) is 5.13 Å². The molecule has 1 aliphatic heterocycles. The van der Waals surface area contributed by atoms with E-state index in [-0.39, 0.29) is 12.0 Å². The Morgan fingerprint density at radius 2 is 2.10 bits per heavy atom. The van der Waals surface area contributed by atoms with Gasteiger partial charge >= 0.3 is 0 Å². The van der Waals surface area contributed by atoms with Gasteiger partial charge in [-0.1, -0.05) is 32.1 Å². The Kier molecular flexibility index (Phi) is 4.72. The molecule has 0 aromatic carbocycles. The molecule has 1 saturated heterocycles. The first-order valence-corrected chi connectivity index (χ1v) is 8.17. The molecule has 114 valence electrons. The van der Waals surface area contributed by atoms with Crippen LogP contribution in [0.15, 0.2) is 0 Å². The zero-order valence-electron chi connectivity index (χ0n) is 13.3. The van der Waals surface area contributed by atoms with Crippen LogP contribution in [0.2, 0.25) is 0 Å². The molecule has 1 N–H and O–H groups in total. The van der Waals surface area contributed by atoms with Crippen LogP contribution >= 0.6 is 11.3 Å². The van der Waals surface area contributed by atoms with Crippen molar-refractivity contribution in [2.24, 2.45) is 0 Å². The minimum Gasteiger partial charge on any atom is -0.391 e. The average Bonchev–Trinajstić information content (AvgIpc) is 2.92. The maximum absolute atomic E-state index is 9.59. The Balaban J connectivity index is 2.26. The van der Waals surface area contributed by atoms with E-state index in [0.29, 0.717) is 6.04 Å². The van der Waals surface area contributed by atoms with E-state index < -0.39 is 0 Å². The lowest BCUT2D eigenvalue weighted by atomic mass is 9.91. The third-order valence-corrected chi connectivity index (χ3v) is 4.82. The molecule has 5 heteroatoms. The number of rotatable bonds is 4. The van der Waals surface area contributed by atoms with Crippen molar-refractivity contribution in [2.75, 3.05) is 32.1 Å². The van der Waals surface area contributed by atoms with Gasteiger partial charge in [0.25, 0.3) is 0 Å². The van der Waals surface area contributed by atoms with Crippen LogP contribution in [0, 0.1) is 0 Å². The number of likely N-dealkylation sites (N-methyl/N-ethyl adjacent to an activating group) is 1. The molecule has 0 radical (unpaired) electrons. The van der Waals surface area contributed by atoms with Gasteiger partial charge in [0.05, 0.1) is 17.2 Å². The summed E-state index contributed by atoms with van der Waals surface area (Å²) in [5.74, 6) is 0. The first-order chi connectivity index (χ1) is 9.32. The summed E-state index contributed by atoms with van der Waals surface area (Å²) < 4.78 is 0. The summed E-state index contributed by atoms with van der Waals surface area (Å²) in [5, 5.41) is 10.7. The number of hydrogen-bond donors (Lipinski definition) is 1. The minimum atomic E-state index is -0.0103. The Hall–Kier alpha value is -0.650. The zero-order chi connectivity index (χ0) is 14.9. The SMILES string of the molecule is CN(C)CC1CCCN1c1nc(C(C)(C)C)c(CO)s1. The Morgan fingerprint density at radius 1 is 1.40 bits per heavy atom. The fraction of sp³-hybridized carbons (Fsp3) is 0.800. The van der Waals surface area contributed by atoms with E-state index in [4.69, 9.17) is 4.98 Å². The topological polar surface area (TPSA) is 39.6 Å². The minimum absolute atomic E-state index is 0.0103. The first kappa shape index (κ1) is 15.7. The fourth-order valence-electron chi connectivity index (χ4n) is 2.85. The lowest BCUT2D eigenvalue weighted by Gasteiger charge is -2.26. The highest BCUT2D eigenvalue weighted by molar-refractivity contribution is 7.15. The number of hydrogen-bond acceptors (Lipinski definition) is 5. The molecule has 0 spiro atoms. The maximum Gasteiger partial charge on any atom is 0.186 e. The molecule has 1 fully saturated rings. The first-order valence-electron chi connectivity index (χ1n) is 7.35. The molecular formula is C15H27N3OS. The van der Waals surface area contributed by atoms with E-state index in [1.165, 1.54) is 12.8 Å². The molecule has 0 bridgehead atoms. The molecule has 2 heterocycles. The van der Waals surface area contributed by atoms with Crippen LogP contribution < -0.4 is 4.90 Å². The lowest BCUT2D eigenvalue weighted by molar-refractivity contribution is 0.282. The highest BCUT2D eigenvalue weighted by Crippen LogP contribution is 2.36. The lowest BCUT2D eigenvalue weighted by Crippen LogP contribution is -2.37. The van der Waals surface area contributed by atoms with Gasteiger partial charge < -0.3 is 14.9 Å². The van der Waals surface area contributed by atoms with E-state index in [1.54, 1.807) is 11.3 Å². The van der Waals surface area contributed by atoms with Gasteiger partial charge in [-0.25, -0.2) is 4.98 Å². The van der Waals surface area contributed by atoms with Crippen molar-refractivity contribution < 1.29 is 5.11 Å². The van der Waals surface area contributed by atoms with Crippen LogP contribution in [-0.4, -0.2) is 48.2 Å². The fourth-order valence-corrected chi connectivity index (χ4v) is 4.08. The van der Waals surface area contributed by atoms with Crippen LogP contribution in [-0.2, 0) is 12.0 Å². The van der Waals surface area contributed by atoms with Crippen molar-refractivity contribution >= 4 is 16.5 Å². The zero-order valence-corrected chi connectivity index (χ0v) is 14.1. The van der Waals surface area contributed by atoms with E-state index in [9.17, 15) is 5.11 Å². The number of aliphatic hydroxyl groups excluding tert-OH is 1. The summed E-state index contributed by atoms with van der Waals surface area (Å²) in [4.78, 5) is 10.5. The second kappa shape index (κ2) is 6.00. The summed E-state index contributed by atoms with van der Waals surface area (Å²) in [6, 6.07) is 0.551. The second-order valence-electron chi connectivity index (χ2n) is 6.93. The van der Waals surface area contributed by atoms with Crippen LogP contribution in [0.1, 0.15) is 44.2 Å². The highest BCUT2D eigenvalue weighted by Gasteiger charge is 2.30. The molecule has 4 nitrogen and oxygen atoms in total. The molecule has 0 amide bonds. The molecule has 0 aliphatic carbocycles. The Morgan fingerprint density at radius 3 is 2.60 bits per heavy atom. The maximum atomic E-state index is 9.59. The summed E-state index contributed by atoms with van der Waals surface area (Å²) in [5.41, 5.74) is 1.04. The number of thiazole rings is 1. The van der Waals surface area contributed by atoms with Gasteiger partial charge in [-0.3, -0.25) is 0 Å². The smallest absolute Gasteiger partial charge is 0.186 e. The molecule has 1 aromatic heterocycles. The van der Waals surface area contributed by atoms with Crippen molar-refractivity contribution in [1.29, 1.82) is 0 Å². The molecule has 1 aliphatic rings. The molecular weight excluding hydrogens is 270 g/mol. The van der Waals surface area contributed by atoms with E-state index in [2.05, 4.69) is 44.7 Å². The molecule has 1 atom stereocenters. The second-order valence-corrected chi connectivity index (χ2v) is 7.99. The highest BCUT2D eigenvalue weighted by atomic mass is 32.1. The van der Waals surface area contributed by atoms with Crippen molar-refractivity contribution in [3.05, 3.63) is 10.6 Å². The number of nitrogens with zero attached hydrogens (tertiary/aromatic N) is 3. The number of aliphatic hydroxyl groups is 1. The van der Waals surface area contributed by atoms with Crippen molar-refractivity contribution in [1.82, 2.24) is 9.88 Å². The average molecular weight is 297 g/mol. The third kappa shape index (κ3) is 3.32. The standard InChI is InChI=1S/C15H27N3OS/c1-15(2,3)13-12(10-19)20-14(16-13)18-8-6-7-11(18)9-17(4)5/h11,19H,6-10H2,1-5H3. The van der Waals surface area contributed by atoms with Gasteiger partial charge in [0.2, 0.25) is 0 Å². The molecule has 0 saturated carbocycles. The normalized spacial score (nSPS) is 20.1. The molecule has 1 aromatic rings. The van der Waals surface area contributed by atoms with Gasteiger partial charge in [-0.15, -0.1) is 0 Å². The van der Waals surface area contributed by atoms with Gasteiger partial charge in [-0.2, -0.15) is 0 Å². The van der Waals surface area contributed by atoms with Gasteiger partial charge in [-0.05, 0) is 26.9 Å². The molecule has 20 heavy (non-hydrogen) atoms. The summed E-state index contributed by atoms with van der Waals surface area (Å²) in [7, 11) is 4.25. The number of anilines is 1. The van der Waals surface area contributed by atoms with Crippen LogP contribution in [0.3, 0.4) is 0 Å².